The fraction of sp³-hybridized carbons (Fsp3) is 0. The number of carbonyl (C=O) groups is 1. The second-order valence-electron chi connectivity index (χ2n) is 7.31. The van der Waals surface area contributed by atoms with Crippen LogP contribution in [0.25, 0.3) is 32.3 Å². The molecular formula is C25H16F2N4OS. The fourth-order valence-corrected chi connectivity index (χ4v) is 4.76. The third kappa shape index (κ3) is 3.92. The van der Waals surface area contributed by atoms with Gasteiger partial charge in [0, 0.05) is 51.1 Å². The zero-order valence-electron chi connectivity index (χ0n) is 17.0. The highest BCUT2D eigenvalue weighted by molar-refractivity contribution is 7.18. The molecule has 162 valence electrons. The second kappa shape index (κ2) is 8.40. The molecule has 3 heterocycles. The summed E-state index contributed by atoms with van der Waals surface area (Å²) in [6, 6.07) is 13.7. The summed E-state index contributed by atoms with van der Waals surface area (Å²) in [6.45, 7) is 0. The monoisotopic (exact) mass is 458 g/mol. The van der Waals surface area contributed by atoms with E-state index in [-0.39, 0.29) is 5.56 Å². The Bertz CT molecular complexity index is 1500. The number of nitrogen functional groups attached to an aromatic ring is 1. The van der Waals surface area contributed by atoms with E-state index in [0.717, 1.165) is 50.5 Å². The number of aromatic nitrogens is 2. The normalized spacial score (nSPS) is 11.0. The zero-order chi connectivity index (χ0) is 22.9. The van der Waals surface area contributed by atoms with Gasteiger partial charge in [-0.05, 0) is 47.3 Å². The van der Waals surface area contributed by atoms with E-state index >= 15 is 0 Å². The van der Waals surface area contributed by atoms with Crippen molar-refractivity contribution < 1.29 is 13.6 Å². The predicted octanol–water partition coefficient (Wildman–Crippen LogP) is 6.14. The summed E-state index contributed by atoms with van der Waals surface area (Å²) in [6.07, 6.45) is 5.22. The van der Waals surface area contributed by atoms with Crippen molar-refractivity contribution in [2.24, 2.45) is 0 Å². The van der Waals surface area contributed by atoms with Gasteiger partial charge in [0.25, 0.3) is 5.91 Å². The first kappa shape index (κ1) is 20.7. The van der Waals surface area contributed by atoms with Gasteiger partial charge < -0.3 is 11.1 Å². The maximum atomic E-state index is 14.0. The smallest absolute Gasteiger partial charge is 0.258 e. The van der Waals surface area contributed by atoms with E-state index in [1.54, 1.807) is 36.8 Å². The molecule has 2 aromatic carbocycles. The van der Waals surface area contributed by atoms with Gasteiger partial charge >= 0.3 is 0 Å². The Kier molecular flexibility index (Phi) is 5.27. The Balaban J connectivity index is 1.53. The molecule has 5 nitrogen and oxygen atoms in total. The Labute approximate surface area is 191 Å². The van der Waals surface area contributed by atoms with Gasteiger partial charge in [0.1, 0.15) is 17.5 Å². The molecule has 0 atom stereocenters. The van der Waals surface area contributed by atoms with Crippen LogP contribution in [0.1, 0.15) is 10.4 Å². The van der Waals surface area contributed by atoms with Crippen LogP contribution in [0.3, 0.4) is 0 Å². The molecule has 5 rings (SSSR count). The van der Waals surface area contributed by atoms with E-state index in [1.807, 2.05) is 23.6 Å². The van der Waals surface area contributed by atoms with Crippen LogP contribution in [-0.4, -0.2) is 15.9 Å². The molecule has 3 aromatic heterocycles. The van der Waals surface area contributed by atoms with Crippen molar-refractivity contribution in [1.82, 2.24) is 9.97 Å². The van der Waals surface area contributed by atoms with Gasteiger partial charge in [0.05, 0.1) is 5.56 Å². The van der Waals surface area contributed by atoms with Crippen molar-refractivity contribution in [1.29, 1.82) is 0 Å². The predicted molar refractivity (Wildman–Crippen MR) is 127 cm³/mol. The van der Waals surface area contributed by atoms with Gasteiger partial charge in [0.15, 0.2) is 0 Å². The van der Waals surface area contributed by atoms with E-state index in [2.05, 4.69) is 15.3 Å². The lowest BCUT2D eigenvalue weighted by atomic mass is 10.0. The highest BCUT2D eigenvalue weighted by Crippen LogP contribution is 2.42. The summed E-state index contributed by atoms with van der Waals surface area (Å²) in [5.41, 5.74) is 9.84. The Hall–Kier alpha value is -4.17. The third-order valence-electron chi connectivity index (χ3n) is 5.20. The molecular weight excluding hydrogens is 442 g/mol. The number of nitrogens with zero attached hydrogens (tertiary/aromatic N) is 2. The van der Waals surface area contributed by atoms with Crippen LogP contribution >= 0.6 is 11.3 Å². The van der Waals surface area contributed by atoms with Crippen LogP contribution in [0.15, 0.2) is 78.6 Å². The average molecular weight is 458 g/mol. The molecule has 0 radical (unpaired) electrons. The molecule has 33 heavy (non-hydrogen) atoms. The third-order valence-corrected chi connectivity index (χ3v) is 6.21. The number of fused-ring (bicyclic) bond motifs is 1. The molecule has 0 saturated heterocycles. The first-order chi connectivity index (χ1) is 16.0. The highest BCUT2D eigenvalue weighted by atomic mass is 32.1. The number of thiophene rings is 1. The van der Waals surface area contributed by atoms with Crippen LogP contribution in [0.5, 0.6) is 0 Å². The van der Waals surface area contributed by atoms with Crippen LogP contribution < -0.4 is 11.1 Å². The number of pyridine rings is 2. The number of benzene rings is 2. The number of amides is 1. The van der Waals surface area contributed by atoms with Crippen molar-refractivity contribution in [3.05, 3.63) is 95.8 Å². The maximum Gasteiger partial charge on any atom is 0.258 e. The Morgan fingerprint density at radius 1 is 0.970 bits per heavy atom. The minimum absolute atomic E-state index is 0.365. The van der Waals surface area contributed by atoms with E-state index in [1.165, 1.54) is 11.3 Å². The van der Waals surface area contributed by atoms with Gasteiger partial charge in [-0.15, -0.1) is 11.3 Å². The Morgan fingerprint density at radius 2 is 1.82 bits per heavy atom. The number of nitrogens with one attached hydrogen (secondary N) is 1. The largest absolute Gasteiger partial charge is 0.383 e. The number of hydrogen-bond acceptors (Lipinski definition) is 5. The van der Waals surface area contributed by atoms with Crippen LogP contribution in [0.4, 0.5) is 20.3 Å². The molecule has 0 aliphatic carbocycles. The van der Waals surface area contributed by atoms with E-state index in [9.17, 15) is 13.6 Å². The fourth-order valence-electron chi connectivity index (χ4n) is 3.64. The highest BCUT2D eigenvalue weighted by Gasteiger charge is 2.17. The topological polar surface area (TPSA) is 80.9 Å². The minimum atomic E-state index is -0.796. The van der Waals surface area contributed by atoms with Crippen molar-refractivity contribution in [2.45, 2.75) is 0 Å². The quantitative estimate of drug-likeness (QED) is 0.339. The van der Waals surface area contributed by atoms with Crippen molar-refractivity contribution in [3.63, 3.8) is 0 Å². The summed E-state index contributed by atoms with van der Waals surface area (Å²) in [5, 5.41) is 5.42. The number of hydrogen-bond donors (Lipinski definition) is 2. The summed E-state index contributed by atoms with van der Waals surface area (Å²) < 4.78 is 28.4. The van der Waals surface area contributed by atoms with Gasteiger partial charge in [-0.25, -0.2) is 13.8 Å². The lowest BCUT2D eigenvalue weighted by Crippen LogP contribution is -2.14. The molecule has 0 fully saturated rings. The summed E-state index contributed by atoms with van der Waals surface area (Å²) >= 11 is 1.54. The van der Waals surface area contributed by atoms with Crippen LogP contribution in [0, 0.1) is 11.6 Å². The number of nitrogens with two attached hydrogens (primary N) is 1. The molecule has 1 amide bonds. The zero-order valence-corrected chi connectivity index (χ0v) is 17.9. The second-order valence-corrected chi connectivity index (χ2v) is 8.19. The molecule has 8 heteroatoms. The minimum Gasteiger partial charge on any atom is -0.383 e. The van der Waals surface area contributed by atoms with E-state index in [4.69, 9.17) is 5.73 Å². The van der Waals surface area contributed by atoms with Crippen LogP contribution in [-0.2, 0) is 0 Å². The summed E-state index contributed by atoms with van der Waals surface area (Å²) in [4.78, 5) is 21.1. The maximum absolute atomic E-state index is 14.0. The van der Waals surface area contributed by atoms with Gasteiger partial charge in [-0.3, -0.25) is 9.78 Å². The van der Waals surface area contributed by atoms with E-state index < -0.39 is 17.5 Å². The molecule has 3 N–H and O–H groups in total. The summed E-state index contributed by atoms with van der Waals surface area (Å²) in [7, 11) is 0. The molecule has 5 aromatic rings. The number of halogens is 2. The van der Waals surface area contributed by atoms with E-state index in [0.29, 0.717) is 11.5 Å². The first-order valence-electron chi connectivity index (χ1n) is 9.94. The lowest BCUT2D eigenvalue weighted by Gasteiger charge is -2.09. The molecule has 0 spiro atoms. The van der Waals surface area contributed by atoms with Crippen LogP contribution in [0.2, 0.25) is 0 Å². The molecule has 0 aliphatic heterocycles. The molecule has 0 unspecified atom stereocenters. The first-order valence-corrected chi connectivity index (χ1v) is 10.8. The van der Waals surface area contributed by atoms with Crippen molar-refractivity contribution in [2.75, 3.05) is 11.1 Å². The van der Waals surface area contributed by atoms with Crippen molar-refractivity contribution >= 4 is 38.8 Å². The number of rotatable bonds is 4. The van der Waals surface area contributed by atoms with Gasteiger partial charge in [-0.2, -0.15) is 0 Å². The Morgan fingerprint density at radius 3 is 2.64 bits per heavy atom. The number of carbonyl (C=O) groups excluding carboxylic acids is 1. The molecule has 0 aliphatic rings. The summed E-state index contributed by atoms with van der Waals surface area (Å²) in [5.74, 6) is -1.83. The van der Waals surface area contributed by atoms with Gasteiger partial charge in [-0.1, -0.05) is 18.2 Å². The molecule has 0 bridgehead atoms. The lowest BCUT2D eigenvalue weighted by molar-refractivity contribution is 0.102. The SMILES string of the molecule is Nc1ncc(-c2cccnc2)c2scc(-c3cccc(NC(=O)c4cc(F)ccc4F)c3)c12. The average Bonchev–Trinajstić information content (AvgIpc) is 3.28. The standard InChI is InChI=1S/C25H16F2N4OS/c26-16-6-7-21(27)18(10-16)25(32)31-17-5-1-3-14(9-17)20-13-33-23-19(12-30-24(28)22(20)23)15-4-2-8-29-11-15/h1-13H,(H2,28,30)(H,31,32). The van der Waals surface area contributed by atoms with Gasteiger partial charge in [0.2, 0.25) is 0 Å². The number of anilines is 2. The van der Waals surface area contributed by atoms with Crippen molar-refractivity contribution in [3.8, 4) is 22.3 Å². The molecule has 0 saturated carbocycles.